The third-order valence-corrected chi connectivity index (χ3v) is 5.78. The predicted molar refractivity (Wildman–Crippen MR) is 117 cm³/mol. The molecule has 0 fully saturated rings. The molecule has 0 aliphatic rings. The molecular formula is C21H22N6O2S. The molecule has 0 aliphatic heterocycles. The number of carbonyl (C=O) groups is 1. The molecule has 0 spiro atoms. The van der Waals surface area contributed by atoms with Gasteiger partial charge in [-0.15, -0.1) is 21.5 Å². The average Bonchev–Trinajstić information content (AvgIpc) is 3.37. The molecule has 0 aliphatic carbocycles. The third-order valence-electron chi connectivity index (χ3n) is 4.58. The van der Waals surface area contributed by atoms with E-state index in [1.807, 2.05) is 14.1 Å². The second-order valence-electron chi connectivity index (χ2n) is 8.20. The number of anilines is 1. The van der Waals surface area contributed by atoms with Gasteiger partial charge in [0.25, 0.3) is 0 Å². The van der Waals surface area contributed by atoms with Crippen LogP contribution in [0.2, 0.25) is 0 Å². The number of fused-ring (bicyclic) bond motifs is 1. The number of nitrogens with zero attached hydrogens (tertiary/aromatic N) is 6. The number of thiophene rings is 1. The molecule has 0 saturated carbocycles. The van der Waals surface area contributed by atoms with Crippen LogP contribution in [0.3, 0.4) is 0 Å². The van der Waals surface area contributed by atoms with Crippen molar-refractivity contribution in [2.75, 3.05) is 19.0 Å². The maximum atomic E-state index is 11.3. The van der Waals surface area contributed by atoms with Gasteiger partial charge < -0.3 is 10.0 Å². The first-order chi connectivity index (χ1) is 14.1. The van der Waals surface area contributed by atoms with Gasteiger partial charge >= 0.3 is 5.97 Å². The summed E-state index contributed by atoms with van der Waals surface area (Å²) in [6.07, 6.45) is 2.08. The number of aromatic nitrogens is 5. The van der Waals surface area contributed by atoms with Crippen LogP contribution in [0.25, 0.3) is 23.2 Å². The summed E-state index contributed by atoms with van der Waals surface area (Å²) in [5, 5.41) is 24.7. The molecular weight excluding hydrogens is 400 g/mol. The number of rotatable bonds is 4. The van der Waals surface area contributed by atoms with Gasteiger partial charge in [0.05, 0.1) is 10.7 Å². The molecule has 1 N–H and O–H groups in total. The van der Waals surface area contributed by atoms with E-state index in [0.29, 0.717) is 17.2 Å². The molecule has 4 aromatic heterocycles. The molecule has 0 atom stereocenters. The molecule has 154 valence electrons. The van der Waals surface area contributed by atoms with Crippen molar-refractivity contribution in [3.63, 3.8) is 0 Å². The Morgan fingerprint density at radius 1 is 1.17 bits per heavy atom. The van der Waals surface area contributed by atoms with E-state index in [9.17, 15) is 9.90 Å². The number of carboxylic acid groups (broad SMARTS) is 1. The smallest absolute Gasteiger partial charge is 0.354 e. The fraction of sp³-hybridized carbons (Fsp3) is 0.286. The molecule has 9 heteroatoms. The summed E-state index contributed by atoms with van der Waals surface area (Å²) in [6.45, 7) is 6.30. The standard InChI is InChI=1S/C21H22N6O2S/c1-21(2,3)17-13(11-12-9-10-16(30-12)26(4)5)18-23-24-19(27(18)25-17)14-7-6-8-15(22-14)20(28)29/h6-11H,1-5H3,(H,28,29)/b13-11-. The molecule has 4 heterocycles. The molecule has 0 amide bonds. The zero-order valence-corrected chi connectivity index (χ0v) is 18.2. The molecule has 4 rings (SSSR count). The van der Waals surface area contributed by atoms with Crippen molar-refractivity contribution < 1.29 is 9.90 Å². The van der Waals surface area contributed by atoms with E-state index < -0.39 is 5.97 Å². The van der Waals surface area contributed by atoms with Crippen molar-refractivity contribution in [1.82, 2.24) is 24.8 Å². The normalized spacial score (nSPS) is 12.6. The van der Waals surface area contributed by atoms with Crippen LogP contribution < -0.4 is 10.1 Å². The van der Waals surface area contributed by atoms with Crippen LogP contribution >= 0.6 is 11.3 Å². The lowest BCUT2D eigenvalue weighted by atomic mass is 9.91. The maximum absolute atomic E-state index is 11.3. The predicted octanol–water partition coefficient (Wildman–Crippen LogP) is 2.86. The lowest BCUT2D eigenvalue weighted by molar-refractivity contribution is 0.0690. The Morgan fingerprint density at radius 3 is 2.57 bits per heavy atom. The van der Waals surface area contributed by atoms with Gasteiger partial charge in [0, 0.05) is 29.6 Å². The number of hydrogen-bond acceptors (Lipinski definition) is 7. The van der Waals surface area contributed by atoms with Crippen LogP contribution in [-0.4, -0.2) is 50.0 Å². The second kappa shape index (κ2) is 7.17. The molecule has 30 heavy (non-hydrogen) atoms. The Bertz CT molecular complexity index is 1300. The van der Waals surface area contributed by atoms with Gasteiger partial charge in [-0.2, -0.15) is 9.61 Å². The van der Waals surface area contributed by atoms with Crippen molar-refractivity contribution in [2.24, 2.45) is 0 Å². The Balaban J connectivity index is 1.94. The van der Waals surface area contributed by atoms with E-state index in [1.165, 1.54) is 6.07 Å². The van der Waals surface area contributed by atoms with Crippen LogP contribution in [-0.2, 0) is 5.41 Å². The van der Waals surface area contributed by atoms with Gasteiger partial charge in [-0.3, -0.25) is 0 Å². The maximum Gasteiger partial charge on any atom is 0.354 e. The van der Waals surface area contributed by atoms with Crippen molar-refractivity contribution in [3.8, 4) is 11.5 Å². The minimum atomic E-state index is -1.09. The van der Waals surface area contributed by atoms with Gasteiger partial charge in [0.15, 0.2) is 5.65 Å². The van der Waals surface area contributed by atoms with E-state index >= 15 is 0 Å². The van der Waals surface area contributed by atoms with Crippen LogP contribution in [0.15, 0.2) is 30.3 Å². The van der Waals surface area contributed by atoms with E-state index in [0.717, 1.165) is 20.8 Å². The summed E-state index contributed by atoms with van der Waals surface area (Å²) in [6, 6.07) is 8.95. The molecule has 0 aromatic carbocycles. The number of hydrogen-bond donors (Lipinski definition) is 1. The van der Waals surface area contributed by atoms with Crippen LogP contribution in [0.4, 0.5) is 5.00 Å². The van der Waals surface area contributed by atoms with Crippen molar-refractivity contribution in [2.45, 2.75) is 26.2 Å². The van der Waals surface area contributed by atoms with Gasteiger partial charge in [0.2, 0.25) is 5.82 Å². The summed E-state index contributed by atoms with van der Waals surface area (Å²) in [7, 11) is 4.03. The molecule has 0 unspecified atom stereocenters. The highest BCUT2D eigenvalue weighted by Gasteiger charge is 2.24. The lowest BCUT2D eigenvalue weighted by Crippen LogP contribution is -2.22. The van der Waals surface area contributed by atoms with Crippen LogP contribution in [0, 0.1) is 0 Å². The first-order valence-corrected chi connectivity index (χ1v) is 10.2. The van der Waals surface area contributed by atoms with Crippen molar-refractivity contribution in [3.05, 3.63) is 51.8 Å². The highest BCUT2D eigenvalue weighted by Crippen LogP contribution is 2.26. The summed E-state index contributed by atoms with van der Waals surface area (Å²) in [5.41, 5.74) is 1.66. The molecule has 0 radical (unpaired) electrons. The minimum absolute atomic E-state index is 0.0477. The lowest BCUT2D eigenvalue weighted by Gasteiger charge is -2.14. The summed E-state index contributed by atoms with van der Waals surface area (Å²) < 4.78 is 1.65. The highest BCUT2D eigenvalue weighted by molar-refractivity contribution is 7.16. The second-order valence-corrected chi connectivity index (χ2v) is 9.29. The SMILES string of the molecule is CN(C)c1ccc(/C=c2/c(C(C)(C)C)nn3c(-c4cccc(C(=O)O)n4)nnc23)s1. The zero-order valence-electron chi connectivity index (χ0n) is 17.4. The highest BCUT2D eigenvalue weighted by atomic mass is 32.1. The Morgan fingerprint density at radius 2 is 1.93 bits per heavy atom. The van der Waals surface area contributed by atoms with Gasteiger partial charge in [-0.25, -0.2) is 9.78 Å². The van der Waals surface area contributed by atoms with Gasteiger partial charge in [-0.1, -0.05) is 26.8 Å². The molecule has 0 saturated heterocycles. The minimum Gasteiger partial charge on any atom is -0.477 e. The average molecular weight is 423 g/mol. The van der Waals surface area contributed by atoms with Crippen molar-refractivity contribution in [1.29, 1.82) is 0 Å². The topological polar surface area (TPSA) is 96.5 Å². The van der Waals surface area contributed by atoms with E-state index in [2.05, 4.69) is 59.1 Å². The molecule has 4 aromatic rings. The molecule has 0 bridgehead atoms. The fourth-order valence-corrected chi connectivity index (χ4v) is 4.00. The van der Waals surface area contributed by atoms with Crippen LogP contribution in [0.5, 0.6) is 0 Å². The fourth-order valence-electron chi connectivity index (χ4n) is 3.13. The Kier molecular flexibility index (Phi) is 4.77. The largest absolute Gasteiger partial charge is 0.477 e. The van der Waals surface area contributed by atoms with E-state index in [4.69, 9.17) is 5.10 Å². The number of pyridine rings is 1. The van der Waals surface area contributed by atoms with Crippen LogP contribution in [0.1, 0.15) is 41.8 Å². The van der Waals surface area contributed by atoms with E-state index in [-0.39, 0.29) is 11.1 Å². The first-order valence-electron chi connectivity index (χ1n) is 9.40. The monoisotopic (exact) mass is 422 g/mol. The summed E-state index contributed by atoms with van der Waals surface area (Å²) >= 11 is 1.68. The first kappa shape index (κ1) is 20.0. The van der Waals surface area contributed by atoms with Gasteiger partial charge in [-0.05, 0) is 30.3 Å². The number of carboxylic acids is 1. The summed E-state index contributed by atoms with van der Waals surface area (Å²) in [4.78, 5) is 18.7. The van der Waals surface area contributed by atoms with Gasteiger partial charge in [0.1, 0.15) is 11.4 Å². The quantitative estimate of drug-likeness (QED) is 0.540. The van der Waals surface area contributed by atoms with Crippen molar-refractivity contribution >= 4 is 34.0 Å². The Labute approximate surface area is 177 Å². The zero-order chi connectivity index (χ0) is 21.6. The number of aromatic carboxylic acids is 1. The summed E-state index contributed by atoms with van der Waals surface area (Å²) in [5.74, 6) is -0.676. The molecule has 8 nitrogen and oxygen atoms in total. The van der Waals surface area contributed by atoms with E-state index in [1.54, 1.807) is 28.0 Å². The Hall–Kier alpha value is -3.33. The third kappa shape index (κ3) is 3.52.